The van der Waals surface area contributed by atoms with Crippen LogP contribution >= 0.6 is 7.60 Å². The molecule has 9 nitrogen and oxygen atoms in total. The van der Waals surface area contributed by atoms with Crippen molar-refractivity contribution in [3.63, 3.8) is 0 Å². The monoisotopic (exact) mass is 536 g/mol. The molecule has 0 saturated carbocycles. The van der Waals surface area contributed by atoms with Crippen LogP contribution in [0.25, 0.3) is 10.9 Å². The number of alkyl halides is 2. The molecule has 198 valence electrons. The van der Waals surface area contributed by atoms with Crippen molar-refractivity contribution in [2.45, 2.75) is 27.2 Å². The number of benzene rings is 2. The van der Waals surface area contributed by atoms with E-state index < -0.39 is 43.5 Å². The molecule has 0 aliphatic rings. The highest BCUT2D eigenvalue weighted by Gasteiger charge is 2.32. The molecular weight excluding hydrogens is 509 g/mol. The zero-order valence-corrected chi connectivity index (χ0v) is 21.4. The fraction of sp³-hybridized carbons (Fsp3) is 0.320. The molecule has 0 spiro atoms. The summed E-state index contributed by atoms with van der Waals surface area (Å²) in [5.41, 5.74) is -0.659. The molecule has 1 heterocycles. The van der Waals surface area contributed by atoms with Crippen LogP contribution in [-0.4, -0.2) is 48.3 Å². The van der Waals surface area contributed by atoms with Gasteiger partial charge >= 0.3 is 13.7 Å². The third-order valence-corrected chi connectivity index (χ3v) is 7.18. The van der Waals surface area contributed by atoms with E-state index in [4.69, 9.17) is 13.8 Å². The van der Waals surface area contributed by atoms with Gasteiger partial charge in [0.25, 0.3) is 6.43 Å². The van der Waals surface area contributed by atoms with Gasteiger partial charge in [-0.2, -0.15) is 0 Å². The van der Waals surface area contributed by atoms with Crippen molar-refractivity contribution in [1.29, 1.82) is 0 Å². The number of rotatable bonds is 11. The lowest BCUT2D eigenvalue weighted by molar-refractivity contribution is -0.114. The average molecular weight is 536 g/mol. The van der Waals surface area contributed by atoms with Crippen LogP contribution in [0.15, 0.2) is 48.5 Å². The lowest BCUT2D eigenvalue weighted by Gasteiger charge is -2.17. The second-order valence-corrected chi connectivity index (χ2v) is 9.74. The molecule has 1 amide bonds. The molecule has 0 saturated heterocycles. The zero-order chi connectivity index (χ0) is 27.2. The van der Waals surface area contributed by atoms with E-state index in [0.717, 1.165) is 16.7 Å². The Hall–Kier alpha value is -3.40. The van der Waals surface area contributed by atoms with Crippen molar-refractivity contribution < 1.29 is 41.5 Å². The minimum Gasteiger partial charge on any atom is -0.449 e. The van der Waals surface area contributed by atoms with E-state index >= 15 is 0 Å². The number of anilines is 1. The molecule has 0 atom stereocenters. The SMILES string of the molecule is CCOC(=O)n1c(C(=O)c2ccccc2)c(NC(=O)CP(=O)(OCC)OCC)c2cc(C(F)F)ccc21. The smallest absolute Gasteiger partial charge is 0.419 e. The number of ether oxygens (including phenoxy) is 1. The first kappa shape index (κ1) is 28.2. The average Bonchev–Trinajstić information content (AvgIpc) is 3.17. The quantitative estimate of drug-likeness (QED) is 0.236. The molecule has 1 aromatic heterocycles. The lowest BCUT2D eigenvalue weighted by Crippen LogP contribution is -2.23. The fourth-order valence-electron chi connectivity index (χ4n) is 3.77. The lowest BCUT2D eigenvalue weighted by atomic mass is 10.1. The molecule has 0 aliphatic heterocycles. The van der Waals surface area contributed by atoms with Crippen LogP contribution in [0.5, 0.6) is 0 Å². The summed E-state index contributed by atoms with van der Waals surface area (Å²) in [5, 5.41) is 2.50. The van der Waals surface area contributed by atoms with Crippen molar-refractivity contribution in [2.75, 3.05) is 31.3 Å². The third kappa shape index (κ3) is 6.30. The Balaban J connectivity index is 2.25. The van der Waals surface area contributed by atoms with Gasteiger partial charge in [-0.05, 0) is 32.9 Å². The molecule has 0 fully saturated rings. The van der Waals surface area contributed by atoms with E-state index in [1.165, 1.54) is 18.2 Å². The van der Waals surface area contributed by atoms with E-state index in [0.29, 0.717) is 0 Å². The number of hydrogen-bond acceptors (Lipinski definition) is 7. The van der Waals surface area contributed by atoms with Crippen LogP contribution in [0, 0.1) is 0 Å². The maximum absolute atomic E-state index is 13.6. The van der Waals surface area contributed by atoms with Crippen molar-refractivity contribution in [1.82, 2.24) is 4.57 Å². The predicted molar refractivity (Wildman–Crippen MR) is 134 cm³/mol. The van der Waals surface area contributed by atoms with Crippen molar-refractivity contribution in [3.05, 3.63) is 65.4 Å². The number of carbonyl (C=O) groups excluding carboxylic acids is 3. The molecule has 37 heavy (non-hydrogen) atoms. The number of ketones is 1. The Morgan fingerprint density at radius 3 is 2.19 bits per heavy atom. The van der Waals surface area contributed by atoms with Crippen LogP contribution in [0.2, 0.25) is 0 Å². The summed E-state index contributed by atoms with van der Waals surface area (Å²) >= 11 is 0. The summed E-state index contributed by atoms with van der Waals surface area (Å²) in [6, 6.07) is 11.4. The molecule has 1 N–H and O–H groups in total. The highest BCUT2D eigenvalue weighted by atomic mass is 31.2. The number of halogens is 2. The van der Waals surface area contributed by atoms with Gasteiger partial charge in [0.05, 0.1) is 31.0 Å². The molecule has 0 radical (unpaired) electrons. The second-order valence-electron chi connectivity index (χ2n) is 7.68. The van der Waals surface area contributed by atoms with Crippen molar-refractivity contribution in [2.24, 2.45) is 0 Å². The Kier molecular flexibility index (Phi) is 9.31. The van der Waals surface area contributed by atoms with Gasteiger partial charge in [-0.25, -0.2) is 18.1 Å². The molecule has 0 aliphatic carbocycles. The van der Waals surface area contributed by atoms with Gasteiger partial charge in [0, 0.05) is 16.5 Å². The summed E-state index contributed by atoms with van der Waals surface area (Å²) in [6.45, 7) is 4.74. The number of aromatic nitrogens is 1. The third-order valence-electron chi connectivity index (χ3n) is 5.20. The van der Waals surface area contributed by atoms with Gasteiger partial charge in [-0.15, -0.1) is 0 Å². The second kappa shape index (κ2) is 12.2. The first-order chi connectivity index (χ1) is 17.7. The molecule has 0 unspecified atom stereocenters. The van der Waals surface area contributed by atoms with E-state index in [1.54, 1.807) is 39.0 Å². The number of hydrogen-bond donors (Lipinski definition) is 1. The van der Waals surface area contributed by atoms with Crippen molar-refractivity contribution >= 4 is 42.0 Å². The first-order valence-electron chi connectivity index (χ1n) is 11.6. The number of fused-ring (bicyclic) bond motifs is 1. The topological polar surface area (TPSA) is 113 Å². The normalized spacial score (nSPS) is 11.6. The molecule has 12 heteroatoms. The minimum absolute atomic E-state index is 0.00105. The fourth-order valence-corrected chi connectivity index (χ4v) is 5.24. The summed E-state index contributed by atoms with van der Waals surface area (Å²) in [7, 11) is -3.83. The van der Waals surface area contributed by atoms with Crippen LogP contribution in [-0.2, 0) is 23.1 Å². The van der Waals surface area contributed by atoms with Crippen LogP contribution in [0.3, 0.4) is 0 Å². The Morgan fingerprint density at radius 2 is 1.62 bits per heavy atom. The highest BCUT2D eigenvalue weighted by Crippen LogP contribution is 2.48. The van der Waals surface area contributed by atoms with Gasteiger partial charge in [-0.3, -0.25) is 14.2 Å². The summed E-state index contributed by atoms with van der Waals surface area (Å²) in [5.74, 6) is -1.53. The van der Waals surface area contributed by atoms with Crippen LogP contribution in [0.1, 0.15) is 48.8 Å². The number of nitrogens with one attached hydrogen (secondary N) is 1. The molecule has 3 rings (SSSR count). The van der Waals surface area contributed by atoms with Gasteiger partial charge in [0.2, 0.25) is 11.7 Å². The maximum Gasteiger partial charge on any atom is 0.419 e. The van der Waals surface area contributed by atoms with Gasteiger partial charge in [0.1, 0.15) is 11.9 Å². The number of carbonyl (C=O) groups is 3. The van der Waals surface area contributed by atoms with Crippen molar-refractivity contribution in [3.8, 4) is 0 Å². The maximum atomic E-state index is 13.6. The Bertz CT molecular complexity index is 1330. The van der Waals surface area contributed by atoms with Crippen LogP contribution < -0.4 is 5.32 Å². The van der Waals surface area contributed by atoms with Gasteiger partial charge in [0.15, 0.2) is 0 Å². The van der Waals surface area contributed by atoms with E-state index in [-0.39, 0.29) is 47.7 Å². The molecule has 3 aromatic rings. The Labute approximate surface area is 212 Å². The number of nitrogens with zero attached hydrogens (tertiary/aromatic N) is 1. The molecule has 0 bridgehead atoms. The van der Waals surface area contributed by atoms with E-state index in [9.17, 15) is 27.7 Å². The number of amides is 1. The van der Waals surface area contributed by atoms with Gasteiger partial charge in [-0.1, -0.05) is 36.4 Å². The largest absolute Gasteiger partial charge is 0.449 e. The standard InChI is InChI=1S/C25H27F2N2O7P/c1-4-34-25(32)29-19-13-12-17(24(26)27)14-18(19)21(22(29)23(31)16-10-8-7-9-11-16)28-20(30)15-37(33,35-5-2)36-6-3/h7-14,24H,4-6,15H2,1-3H3,(H,28,30). The summed E-state index contributed by atoms with van der Waals surface area (Å²) < 4.78 is 56.4. The zero-order valence-electron chi connectivity index (χ0n) is 20.5. The molecule has 2 aromatic carbocycles. The van der Waals surface area contributed by atoms with E-state index in [1.807, 2.05) is 0 Å². The minimum atomic E-state index is -3.83. The Morgan fingerprint density at radius 1 is 0.973 bits per heavy atom. The summed E-state index contributed by atoms with van der Waals surface area (Å²) in [6.07, 6.45) is -4.50. The van der Waals surface area contributed by atoms with Crippen LogP contribution in [0.4, 0.5) is 19.3 Å². The first-order valence-corrected chi connectivity index (χ1v) is 13.3. The highest BCUT2D eigenvalue weighted by molar-refractivity contribution is 7.54. The predicted octanol–water partition coefficient (Wildman–Crippen LogP) is 6.02. The molecular formula is C25H27F2N2O7P. The van der Waals surface area contributed by atoms with E-state index in [2.05, 4.69) is 5.32 Å². The summed E-state index contributed by atoms with van der Waals surface area (Å²) in [4.78, 5) is 39.6. The van der Waals surface area contributed by atoms with Gasteiger partial charge < -0.3 is 19.1 Å².